The minimum Gasteiger partial charge on any atom is -0.355 e. The van der Waals surface area contributed by atoms with Gasteiger partial charge >= 0.3 is 12.2 Å². The van der Waals surface area contributed by atoms with Crippen molar-refractivity contribution in [2.24, 2.45) is 11.3 Å². The molecule has 5 nitrogen and oxygen atoms in total. The lowest BCUT2D eigenvalue weighted by molar-refractivity contribution is -0.185. The van der Waals surface area contributed by atoms with Gasteiger partial charge in [-0.15, -0.1) is 0 Å². The Labute approximate surface area is 127 Å². The van der Waals surface area contributed by atoms with Crippen molar-refractivity contribution >= 4 is 11.9 Å². The standard InChI is InChI=1S/C14H22F3N3O2/c1-19(2)12(22)20-7-3-10(4-8-20)11(21)18-9-13(5-6-13)14(15,16)17/h10H,3-9H2,1-2H3,(H,18,21). The fourth-order valence-electron chi connectivity index (χ4n) is 2.73. The van der Waals surface area contributed by atoms with Crippen LogP contribution in [-0.2, 0) is 4.79 Å². The van der Waals surface area contributed by atoms with Gasteiger partial charge in [-0.25, -0.2) is 4.79 Å². The summed E-state index contributed by atoms with van der Waals surface area (Å²) in [6, 6.07) is -0.104. The zero-order chi connectivity index (χ0) is 16.5. The highest BCUT2D eigenvalue weighted by Crippen LogP contribution is 2.57. The van der Waals surface area contributed by atoms with E-state index in [0.717, 1.165) is 0 Å². The van der Waals surface area contributed by atoms with Crippen LogP contribution < -0.4 is 5.32 Å². The Morgan fingerprint density at radius 3 is 2.18 bits per heavy atom. The van der Waals surface area contributed by atoms with E-state index in [-0.39, 0.29) is 37.2 Å². The number of amides is 3. The number of halogens is 3. The third-order valence-corrected chi connectivity index (χ3v) is 4.57. The number of urea groups is 1. The van der Waals surface area contributed by atoms with E-state index in [1.165, 1.54) is 4.90 Å². The predicted molar refractivity (Wildman–Crippen MR) is 74.1 cm³/mol. The Kier molecular flexibility index (Phi) is 4.58. The quantitative estimate of drug-likeness (QED) is 0.862. The average Bonchev–Trinajstić information content (AvgIpc) is 3.25. The van der Waals surface area contributed by atoms with Crippen LogP contribution >= 0.6 is 0 Å². The van der Waals surface area contributed by atoms with E-state index in [1.807, 2.05) is 0 Å². The molecule has 1 N–H and O–H groups in total. The van der Waals surface area contributed by atoms with Gasteiger partial charge in [0.2, 0.25) is 5.91 Å². The number of hydrogen-bond donors (Lipinski definition) is 1. The molecular weight excluding hydrogens is 299 g/mol. The first-order valence-electron chi connectivity index (χ1n) is 7.47. The third kappa shape index (κ3) is 3.47. The Bertz CT molecular complexity index is 439. The Hall–Kier alpha value is -1.47. The average molecular weight is 321 g/mol. The van der Waals surface area contributed by atoms with Gasteiger partial charge in [0.1, 0.15) is 0 Å². The number of nitrogens with zero attached hydrogens (tertiary/aromatic N) is 2. The first kappa shape index (κ1) is 16.9. The first-order chi connectivity index (χ1) is 10.2. The van der Waals surface area contributed by atoms with Gasteiger partial charge in [0.05, 0.1) is 5.41 Å². The maximum Gasteiger partial charge on any atom is 0.396 e. The molecule has 1 heterocycles. The molecule has 22 heavy (non-hydrogen) atoms. The maximum absolute atomic E-state index is 12.8. The largest absolute Gasteiger partial charge is 0.396 e. The maximum atomic E-state index is 12.8. The van der Waals surface area contributed by atoms with Crippen LogP contribution in [0.4, 0.5) is 18.0 Å². The lowest BCUT2D eigenvalue weighted by atomic mass is 9.95. The fourth-order valence-corrected chi connectivity index (χ4v) is 2.73. The highest BCUT2D eigenvalue weighted by Gasteiger charge is 2.63. The van der Waals surface area contributed by atoms with E-state index in [1.54, 1.807) is 19.0 Å². The molecule has 0 unspecified atom stereocenters. The summed E-state index contributed by atoms with van der Waals surface area (Å²) in [6.07, 6.45) is -3.09. The van der Waals surface area contributed by atoms with Crippen molar-refractivity contribution in [3.05, 3.63) is 0 Å². The summed E-state index contributed by atoms with van der Waals surface area (Å²) >= 11 is 0. The van der Waals surface area contributed by atoms with Gasteiger partial charge in [0.25, 0.3) is 0 Å². The van der Waals surface area contributed by atoms with Crippen molar-refractivity contribution in [3.63, 3.8) is 0 Å². The molecule has 3 amide bonds. The lowest BCUT2D eigenvalue weighted by Crippen LogP contribution is -2.47. The van der Waals surface area contributed by atoms with Crippen molar-refractivity contribution in [2.45, 2.75) is 31.9 Å². The van der Waals surface area contributed by atoms with Crippen LogP contribution in [0.2, 0.25) is 0 Å². The molecule has 0 aromatic heterocycles. The second kappa shape index (κ2) is 5.96. The molecule has 126 valence electrons. The molecule has 0 bridgehead atoms. The molecule has 0 aromatic carbocycles. The minimum atomic E-state index is -4.25. The predicted octanol–water partition coefficient (Wildman–Crippen LogP) is 1.84. The topological polar surface area (TPSA) is 52.7 Å². The van der Waals surface area contributed by atoms with Crippen molar-refractivity contribution in [3.8, 4) is 0 Å². The van der Waals surface area contributed by atoms with E-state index in [9.17, 15) is 22.8 Å². The Balaban J connectivity index is 1.78. The van der Waals surface area contributed by atoms with Crippen LogP contribution in [0.1, 0.15) is 25.7 Å². The summed E-state index contributed by atoms with van der Waals surface area (Å²) in [5.41, 5.74) is -1.70. The van der Waals surface area contributed by atoms with Crippen LogP contribution in [0, 0.1) is 11.3 Å². The Morgan fingerprint density at radius 1 is 1.23 bits per heavy atom. The van der Waals surface area contributed by atoms with Crippen LogP contribution in [0.25, 0.3) is 0 Å². The summed E-state index contributed by atoms with van der Waals surface area (Å²) in [4.78, 5) is 26.9. The molecule has 8 heteroatoms. The SMILES string of the molecule is CN(C)C(=O)N1CCC(C(=O)NCC2(C(F)(F)F)CC2)CC1. The second-order valence-electron chi connectivity index (χ2n) is 6.43. The van der Waals surface area contributed by atoms with E-state index in [0.29, 0.717) is 25.9 Å². The third-order valence-electron chi connectivity index (χ3n) is 4.57. The van der Waals surface area contributed by atoms with Gasteiger partial charge in [-0.3, -0.25) is 4.79 Å². The van der Waals surface area contributed by atoms with Crippen LogP contribution in [0.15, 0.2) is 0 Å². The van der Waals surface area contributed by atoms with Gasteiger partial charge < -0.3 is 15.1 Å². The summed E-state index contributed by atoms with van der Waals surface area (Å²) in [7, 11) is 3.32. The van der Waals surface area contributed by atoms with Crippen molar-refractivity contribution < 1.29 is 22.8 Å². The van der Waals surface area contributed by atoms with Crippen LogP contribution in [0.5, 0.6) is 0 Å². The molecule has 0 radical (unpaired) electrons. The van der Waals surface area contributed by atoms with E-state index in [2.05, 4.69) is 5.32 Å². The molecule has 1 saturated carbocycles. The number of carbonyl (C=O) groups excluding carboxylic acids is 2. The summed E-state index contributed by atoms with van der Waals surface area (Å²) in [5.74, 6) is -0.636. The van der Waals surface area contributed by atoms with E-state index in [4.69, 9.17) is 0 Å². The smallest absolute Gasteiger partial charge is 0.355 e. The molecule has 0 aromatic rings. The van der Waals surface area contributed by atoms with Crippen molar-refractivity contribution in [1.82, 2.24) is 15.1 Å². The number of rotatable bonds is 3. The van der Waals surface area contributed by atoms with Gasteiger partial charge in [-0.2, -0.15) is 13.2 Å². The number of likely N-dealkylation sites (tertiary alicyclic amines) is 1. The van der Waals surface area contributed by atoms with Crippen LogP contribution in [0.3, 0.4) is 0 Å². The zero-order valence-corrected chi connectivity index (χ0v) is 12.9. The van der Waals surface area contributed by atoms with E-state index >= 15 is 0 Å². The first-order valence-corrected chi connectivity index (χ1v) is 7.47. The van der Waals surface area contributed by atoms with Gasteiger partial charge in [-0.1, -0.05) is 0 Å². The van der Waals surface area contributed by atoms with Gasteiger partial charge in [-0.05, 0) is 25.7 Å². The molecule has 1 aliphatic carbocycles. The summed E-state index contributed by atoms with van der Waals surface area (Å²) in [5, 5.41) is 2.46. The number of carbonyl (C=O) groups is 2. The lowest BCUT2D eigenvalue weighted by Gasteiger charge is -2.33. The van der Waals surface area contributed by atoms with Gasteiger partial charge in [0.15, 0.2) is 0 Å². The number of hydrogen-bond acceptors (Lipinski definition) is 2. The molecule has 2 aliphatic rings. The van der Waals surface area contributed by atoms with Crippen molar-refractivity contribution in [1.29, 1.82) is 0 Å². The second-order valence-corrected chi connectivity index (χ2v) is 6.43. The molecule has 0 spiro atoms. The molecule has 1 aliphatic heterocycles. The van der Waals surface area contributed by atoms with Crippen molar-refractivity contribution in [2.75, 3.05) is 33.7 Å². The van der Waals surface area contributed by atoms with Gasteiger partial charge in [0, 0.05) is 39.6 Å². The monoisotopic (exact) mass is 321 g/mol. The van der Waals surface area contributed by atoms with E-state index < -0.39 is 11.6 Å². The molecule has 2 fully saturated rings. The normalized spacial score (nSPS) is 21.4. The minimum absolute atomic E-state index is 0.0898. The summed E-state index contributed by atoms with van der Waals surface area (Å²) in [6.45, 7) is 0.588. The fraction of sp³-hybridized carbons (Fsp3) is 0.857. The Morgan fingerprint density at radius 2 is 1.77 bits per heavy atom. The molecule has 0 atom stereocenters. The highest BCUT2D eigenvalue weighted by atomic mass is 19.4. The molecule has 2 rings (SSSR count). The number of alkyl halides is 3. The van der Waals surface area contributed by atoms with Crippen LogP contribution in [-0.4, -0.2) is 61.6 Å². The number of piperidine rings is 1. The molecule has 1 saturated heterocycles. The number of nitrogens with one attached hydrogen (secondary N) is 1. The highest BCUT2D eigenvalue weighted by molar-refractivity contribution is 5.79. The molecular formula is C14H22F3N3O2. The zero-order valence-electron chi connectivity index (χ0n) is 12.9. The summed E-state index contributed by atoms with van der Waals surface area (Å²) < 4.78 is 38.4.